The summed E-state index contributed by atoms with van der Waals surface area (Å²) in [6.45, 7) is 4.18. The molecule has 0 aliphatic rings. The molecule has 0 bridgehead atoms. The summed E-state index contributed by atoms with van der Waals surface area (Å²) in [5.41, 5.74) is 1.21. The van der Waals surface area contributed by atoms with Crippen LogP contribution in [0.1, 0.15) is 18.2 Å². The summed E-state index contributed by atoms with van der Waals surface area (Å²) < 4.78 is 11.7. The van der Waals surface area contributed by atoms with Crippen molar-refractivity contribution in [2.24, 2.45) is 0 Å². The first-order valence-corrected chi connectivity index (χ1v) is 6.73. The first-order chi connectivity index (χ1) is 8.79. The van der Waals surface area contributed by atoms with Crippen molar-refractivity contribution in [3.63, 3.8) is 0 Å². The highest BCUT2D eigenvalue weighted by molar-refractivity contribution is 9.10. The molecule has 1 aromatic heterocycles. The highest BCUT2D eigenvalue weighted by Gasteiger charge is 2.02. The Kier molecular flexibility index (Phi) is 6.99. The van der Waals surface area contributed by atoms with E-state index in [-0.39, 0.29) is 12.4 Å². The van der Waals surface area contributed by atoms with Gasteiger partial charge in [0.05, 0.1) is 23.9 Å². The Morgan fingerprint density at radius 3 is 2.74 bits per heavy atom. The van der Waals surface area contributed by atoms with Crippen LogP contribution in [-0.4, -0.2) is 6.61 Å². The molecular weight excluding hydrogens is 330 g/mol. The smallest absolute Gasteiger partial charge is 0.133 e. The summed E-state index contributed by atoms with van der Waals surface area (Å²) >= 11 is 3.51. The third-order valence-corrected chi connectivity index (χ3v) is 3.12. The van der Waals surface area contributed by atoms with Gasteiger partial charge in [-0.3, -0.25) is 0 Å². The molecule has 0 aliphatic heterocycles. The largest absolute Gasteiger partial charge is 0.493 e. The van der Waals surface area contributed by atoms with Crippen LogP contribution >= 0.6 is 28.3 Å². The molecule has 0 unspecified atom stereocenters. The number of nitrogens with one attached hydrogen (secondary N) is 1. The van der Waals surface area contributed by atoms with Gasteiger partial charge >= 0.3 is 0 Å². The topological polar surface area (TPSA) is 34.4 Å². The number of hydrogen-bond acceptors (Lipinski definition) is 3. The van der Waals surface area contributed by atoms with Crippen LogP contribution in [0.15, 0.2) is 45.5 Å². The second-order valence-electron chi connectivity index (χ2n) is 3.88. The van der Waals surface area contributed by atoms with Crippen molar-refractivity contribution in [2.45, 2.75) is 20.0 Å². The van der Waals surface area contributed by atoms with E-state index < -0.39 is 0 Å². The van der Waals surface area contributed by atoms with E-state index in [1.54, 1.807) is 6.26 Å². The molecule has 3 nitrogen and oxygen atoms in total. The van der Waals surface area contributed by atoms with Crippen molar-refractivity contribution in [3.05, 3.63) is 52.4 Å². The number of furan rings is 1. The van der Waals surface area contributed by atoms with Gasteiger partial charge in [-0.05, 0) is 52.7 Å². The van der Waals surface area contributed by atoms with E-state index in [1.165, 1.54) is 5.56 Å². The van der Waals surface area contributed by atoms with Crippen molar-refractivity contribution in [1.82, 2.24) is 5.32 Å². The van der Waals surface area contributed by atoms with Crippen molar-refractivity contribution >= 4 is 28.3 Å². The van der Waals surface area contributed by atoms with Crippen LogP contribution in [0.25, 0.3) is 0 Å². The quantitative estimate of drug-likeness (QED) is 0.853. The summed E-state index contributed by atoms with van der Waals surface area (Å²) in [4.78, 5) is 0. The zero-order valence-electron chi connectivity index (χ0n) is 10.7. The zero-order chi connectivity index (χ0) is 12.8. The fourth-order valence-electron chi connectivity index (χ4n) is 1.67. The summed E-state index contributed by atoms with van der Waals surface area (Å²) in [6, 6.07) is 9.97. The summed E-state index contributed by atoms with van der Waals surface area (Å²) in [5.74, 6) is 1.83. The van der Waals surface area contributed by atoms with E-state index in [4.69, 9.17) is 9.15 Å². The normalized spacial score (nSPS) is 10.0. The molecule has 104 valence electrons. The molecule has 0 amide bonds. The van der Waals surface area contributed by atoms with E-state index in [9.17, 15) is 0 Å². The Morgan fingerprint density at radius 2 is 2.11 bits per heavy atom. The Bertz CT molecular complexity index is 488. The van der Waals surface area contributed by atoms with Gasteiger partial charge in [-0.25, -0.2) is 0 Å². The van der Waals surface area contributed by atoms with Crippen LogP contribution in [0.2, 0.25) is 0 Å². The van der Waals surface area contributed by atoms with E-state index in [1.807, 2.05) is 25.1 Å². The van der Waals surface area contributed by atoms with Gasteiger partial charge in [0.25, 0.3) is 0 Å². The van der Waals surface area contributed by atoms with Gasteiger partial charge in [0.1, 0.15) is 11.5 Å². The standard InChI is InChI=1S/C14H16BrNO2.ClH/c1-2-17-14-6-5-11(8-13(14)15)9-16-10-12-4-3-7-18-12;/h3-8,16H,2,9-10H2,1H3;1H. The van der Waals surface area contributed by atoms with Crippen molar-refractivity contribution in [3.8, 4) is 5.75 Å². The van der Waals surface area contributed by atoms with Gasteiger partial charge in [-0.2, -0.15) is 0 Å². The molecule has 0 fully saturated rings. The average molecular weight is 347 g/mol. The van der Waals surface area contributed by atoms with E-state index in [0.717, 1.165) is 29.1 Å². The van der Waals surface area contributed by atoms with E-state index in [0.29, 0.717) is 6.61 Å². The molecule has 1 heterocycles. The lowest BCUT2D eigenvalue weighted by Crippen LogP contribution is -2.12. The number of hydrogen-bond donors (Lipinski definition) is 1. The Labute approximate surface area is 127 Å². The maximum atomic E-state index is 5.47. The number of rotatable bonds is 6. The number of benzene rings is 1. The van der Waals surface area contributed by atoms with Gasteiger partial charge in [0.2, 0.25) is 0 Å². The molecule has 0 radical (unpaired) electrons. The van der Waals surface area contributed by atoms with E-state index in [2.05, 4.69) is 33.4 Å². The van der Waals surface area contributed by atoms with Gasteiger partial charge in [0.15, 0.2) is 0 Å². The lowest BCUT2D eigenvalue weighted by atomic mass is 10.2. The molecule has 2 rings (SSSR count). The Morgan fingerprint density at radius 1 is 1.26 bits per heavy atom. The van der Waals surface area contributed by atoms with Crippen LogP contribution in [0.4, 0.5) is 0 Å². The molecule has 0 saturated heterocycles. The molecule has 0 saturated carbocycles. The van der Waals surface area contributed by atoms with Crippen LogP contribution < -0.4 is 10.1 Å². The number of ether oxygens (including phenoxy) is 1. The zero-order valence-corrected chi connectivity index (χ0v) is 13.1. The highest BCUT2D eigenvalue weighted by atomic mass is 79.9. The van der Waals surface area contributed by atoms with Crippen molar-refractivity contribution in [2.75, 3.05) is 6.61 Å². The first kappa shape index (κ1) is 16.1. The van der Waals surface area contributed by atoms with Crippen molar-refractivity contribution in [1.29, 1.82) is 0 Å². The lowest BCUT2D eigenvalue weighted by Gasteiger charge is -2.08. The van der Waals surface area contributed by atoms with Crippen LogP contribution in [0.5, 0.6) is 5.75 Å². The van der Waals surface area contributed by atoms with Crippen LogP contribution in [0, 0.1) is 0 Å². The summed E-state index contributed by atoms with van der Waals surface area (Å²) in [5, 5.41) is 3.33. The van der Waals surface area contributed by atoms with Gasteiger partial charge in [0, 0.05) is 6.54 Å². The average Bonchev–Trinajstić information content (AvgIpc) is 2.86. The minimum atomic E-state index is 0. The Hall–Kier alpha value is -0.970. The molecular formula is C14H17BrClNO2. The molecule has 1 aromatic carbocycles. The molecule has 5 heteroatoms. The summed E-state index contributed by atoms with van der Waals surface area (Å²) in [7, 11) is 0. The van der Waals surface area contributed by atoms with Crippen molar-refractivity contribution < 1.29 is 9.15 Å². The number of halogens is 2. The SMILES string of the molecule is CCOc1ccc(CNCc2ccco2)cc1Br.Cl. The fourth-order valence-corrected chi connectivity index (χ4v) is 2.21. The summed E-state index contributed by atoms with van der Waals surface area (Å²) in [6.07, 6.45) is 1.69. The Balaban J connectivity index is 0.00000180. The predicted molar refractivity (Wildman–Crippen MR) is 81.8 cm³/mol. The maximum Gasteiger partial charge on any atom is 0.133 e. The van der Waals surface area contributed by atoms with Gasteiger partial charge < -0.3 is 14.5 Å². The fraction of sp³-hybridized carbons (Fsp3) is 0.286. The molecule has 0 spiro atoms. The molecule has 19 heavy (non-hydrogen) atoms. The van der Waals surface area contributed by atoms with Crippen LogP contribution in [0.3, 0.4) is 0 Å². The van der Waals surface area contributed by atoms with Gasteiger partial charge in [-0.1, -0.05) is 6.07 Å². The molecule has 1 N–H and O–H groups in total. The maximum absolute atomic E-state index is 5.47. The second-order valence-corrected chi connectivity index (χ2v) is 4.74. The lowest BCUT2D eigenvalue weighted by molar-refractivity contribution is 0.338. The van der Waals surface area contributed by atoms with Crippen LogP contribution in [-0.2, 0) is 13.1 Å². The first-order valence-electron chi connectivity index (χ1n) is 5.94. The molecule has 0 atom stereocenters. The molecule has 2 aromatic rings. The van der Waals surface area contributed by atoms with E-state index >= 15 is 0 Å². The minimum absolute atomic E-state index is 0. The third kappa shape index (κ3) is 4.90. The predicted octanol–water partition coefficient (Wildman–Crippen LogP) is 4.15. The van der Waals surface area contributed by atoms with Gasteiger partial charge in [-0.15, -0.1) is 12.4 Å². The third-order valence-electron chi connectivity index (χ3n) is 2.50. The monoisotopic (exact) mass is 345 g/mol. The highest BCUT2D eigenvalue weighted by Crippen LogP contribution is 2.25. The molecule has 0 aliphatic carbocycles. The minimum Gasteiger partial charge on any atom is -0.493 e. The second kappa shape index (κ2) is 8.25.